The molecule has 0 saturated heterocycles. The molecule has 0 atom stereocenters. The van der Waals surface area contributed by atoms with E-state index in [1.165, 1.54) is 35.3 Å². The van der Waals surface area contributed by atoms with Gasteiger partial charge in [-0.1, -0.05) is 29.8 Å². The predicted molar refractivity (Wildman–Crippen MR) is 132 cm³/mol. The normalized spacial score (nSPS) is 11.8. The van der Waals surface area contributed by atoms with Crippen LogP contribution in [-0.2, 0) is 19.1 Å². The van der Waals surface area contributed by atoms with Gasteiger partial charge in [0.15, 0.2) is 4.96 Å². The highest BCUT2D eigenvalue weighted by molar-refractivity contribution is 7.15. The standard InChI is InChI=1S/C27H22F3N3O2S/c1-18-4-6-19(7-5-18)24-16-33-22(17-36-26(33)31-24)12-13-32(15-23-3-2-14-35-23)25(34)20-8-10-21(11-9-20)27(28,29)30/h2-11,14,16-17H,12-13,15H2,1H3. The molecular weight excluding hydrogens is 487 g/mol. The molecule has 1 amide bonds. The van der Waals surface area contributed by atoms with Gasteiger partial charge in [0.25, 0.3) is 5.91 Å². The first kappa shape index (κ1) is 23.9. The van der Waals surface area contributed by atoms with E-state index >= 15 is 0 Å². The van der Waals surface area contributed by atoms with E-state index in [1.807, 2.05) is 47.2 Å². The smallest absolute Gasteiger partial charge is 0.416 e. The van der Waals surface area contributed by atoms with Gasteiger partial charge >= 0.3 is 6.18 Å². The quantitative estimate of drug-likeness (QED) is 0.241. The van der Waals surface area contributed by atoms with E-state index in [2.05, 4.69) is 0 Å². The minimum Gasteiger partial charge on any atom is -0.467 e. The van der Waals surface area contributed by atoms with Crippen molar-refractivity contribution in [2.24, 2.45) is 0 Å². The predicted octanol–water partition coefficient (Wildman–Crippen LogP) is 6.87. The fourth-order valence-corrected chi connectivity index (χ4v) is 4.86. The number of thiazole rings is 1. The van der Waals surface area contributed by atoms with Gasteiger partial charge in [0.05, 0.1) is 24.1 Å². The second kappa shape index (κ2) is 9.66. The van der Waals surface area contributed by atoms with Crippen LogP contribution in [0.15, 0.2) is 82.9 Å². The molecule has 0 bridgehead atoms. The van der Waals surface area contributed by atoms with Crippen LogP contribution in [0.25, 0.3) is 16.2 Å². The largest absolute Gasteiger partial charge is 0.467 e. The Kier molecular flexibility index (Phi) is 6.40. The summed E-state index contributed by atoms with van der Waals surface area (Å²) in [6.45, 7) is 2.59. The second-order valence-corrected chi connectivity index (χ2v) is 9.34. The molecule has 0 unspecified atom stereocenters. The molecule has 9 heteroatoms. The summed E-state index contributed by atoms with van der Waals surface area (Å²) in [5.74, 6) is 0.229. The molecule has 184 valence electrons. The fraction of sp³-hybridized carbons (Fsp3) is 0.185. The van der Waals surface area contributed by atoms with Crippen LogP contribution in [-0.4, -0.2) is 26.7 Å². The lowest BCUT2D eigenvalue weighted by molar-refractivity contribution is -0.137. The number of nitrogens with zero attached hydrogens (tertiary/aromatic N) is 3. The van der Waals surface area contributed by atoms with Gasteiger partial charge in [-0.3, -0.25) is 9.20 Å². The van der Waals surface area contributed by atoms with Crippen molar-refractivity contribution in [2.45, 2.75) is 26.1 Å². The monoisotopic (exact) mass is 509 g/mol. The number of amides is 1. The zero-order valence-electron chi connectivity index (χ0n) is 19.3. The maximum absolute atomic E-state index is 13.3. The third kappa shape index (κ3) is 5.06. The lowest BCUT2D eigenvalue weighted by atomic mass is 10.1. The molecule has 0 radical (unpaired) electrons. The van der Waals surface area contributed by atoms with Gasteiger partial charge in [-0.05, 0) is 43.3 Å². The number of hydrogen-bond donors (Lipinski definition) is 0. The van der Waals surface area contributed by atoms with Gasteiger partial charge < -0.3 is 9.32 Å². The van der Waals surface area contributed by atoms with Crippen molar-refractivity contribution in [3.05, 3.63) is 107 Å². The first-order valence-electron chi connectivity index (χ1n) is 11.3. The average Bonchev–Trinajstić information content (AvgIpc) is 3.60. The Balaban J connectivity index is 1.37. The third-order valence-corrected chi connectivity index (χ3v) is 6.83. The summed E-state index contributed by atoms with van der Waals surface area (Å²) in [6, 6.07) is 15.9. The molecule has 5 aromatic rings. The van der Waals surface area contributed by atoms with Crippen LogP contribution in [0.1, 0.15) is 32.9 Å². The lowest BCUT2D eigenvalue weighted by Crippen LogP contribution is -2.32. The Labute approximate surface area is 209 Å². The van der Waals surface area contributed by atoms with Gasteiger partial charge in [0.1, 0.15) is 5.76 Å². The molecule has 0 spiro atoms. The van der Waals surface area contributed by atoms with E-state index in [1.54, 1.807) is 17.0 Å². The topological polar surface area (TPSA) is 50.8 Å². The number of halogens is 3. The van der Waals surface area contributed by atoms with Crippen molar-refractivity contribution in [3.63, 3.8) is 0 Å². The third-order valence-electron chi connectivity index (χ3n) is 5.94. The molecule has 0 aliphatic carbocycles. The Morgan fingerprint density at radius 3 is 2.50 bits per heavy atom. The number of alkyl halides is 3. The van der Waals surface area contributed by atoms with E-state index in [9.17, 15) is 18.0 Å². The molecule has 0 fully saturated rings. The lowest BCUT2D eigenvalue weighted by Gasteiger charge is -2.22. The highest BCUT2D eigenvalue weighted by Gasteiger charge is 2.30. The van der Waals surface area contributed by atoms with Gasteiger partial charge in [-0.2, -0.15) is 13.2 Å². The van der Waals surface area contributed by atoms with Gasteiger partial charge in [-0.15, -0.1) is 11.3 Å². The number of fused-ring (bicyclic) bond motifs is 1. The molecular formula is C27H22F3N3O2S. The summed E-state index contributed by atoms with van der Waals surface area (Å²) in [5.41, 5.74) is 3.46. The molecule has 5 rings (SSSR count). The van der Waals surface area contributed by atoms with Gasteiger partial charge in [-0.25, -0.2) is 4.98 Å². The van der Waals surface area contributed by atoms with E-state index in [-0.39, 0.29) is 18.0 Å². The minimum absolute atomic E-state index is 0.189. The number of carbonyl (C=O) groups is 1. The number of hydrogen-bond acceptors (Lipinski definition) is 4. The summed E-state index contributed by atoms with van der Waals surface area (Å²) >= 11 is 1.52. The van der Waals surface area contributed by atoms with Gasteiger partial charge in [0.2, 0.25) is 0 Å². The minimum atomic E-state index is -4.46. The zero-order chi connectivity index (χ0) is 25.3. The first-order valence-corrected chi connectivity index (χ1v) is 12.2. The average molecular weight is 510 g/mol. The van der Waals surface area contributed by atoms with Crippen molar-refractivity contribution in [1.29, 1.82) is 0 Å². The molecule has 3 aromatic heterocycles. The van der Waals surface area contributed by atoms with E-state index in [0.717, 1.165) is 34.0 Å². The van der Waals surface area contributed by atoms with Crippen LogP contribution in [0, 0.1) is 6.92 Å². The number of rotatable bonds is 7. The molecule has 36 heavy (non-hydrogen) atoms. The number of carbonyl (C=O) groups excluding carboxylic acids is 1. The molecule has 2 aromatic carbocycles. The maximum Gasteiger partial charge on any atom is 0.416 e. The molecule has 0 aliphatic rings. The van der Waals surface area contributed by atoms with Crippen LogP contribution in [0.4, 0.5) is 13.2 Å². The number of aromatic nitrogens is 2. The highest BCUT2D eigenvalue weighted by atomic mass is 32.1. The van der Waals surface area contributed by atoms with Crippen LogP contribution in [0.2, 0.25) is 0 Å². The number of furan rings is 1. The number of imidazole rings is 1. The first-order chi connectivity index (χ1) is 17.3. The van der Waals surface area contributed by atoms with Crippen molar-refractivity contribution in [1.82, 2.24) is 14.3 Å². The maximum atomic E-state index is 13.3. The molecule has 0 aliphatic heterocycles. The van der Waals surface area contributed by atoms with Crippen molar-refractivity contribution >= 4 is 22.2 Å². The zero-order valence-corrected chi connectivity index (χ0v) is 20.1. The van der Waals surface area contributed by atoms with Crippen molar-refractivity contribution in [2.75, 3.05) is 6.54 Å². The van der Waals surface area contributed by atoms with Crippen molar-refractivity contribution < 1.29 is 22.4 Å². The van der Waals surface area contributed by atoms with Crippen molar-refractivity contribution in [3.8, 4) is 11.3 Å². The van der Waals surface area contributed by atoms with E-state index in [0.29, 0.717) is 18.7 Å². The summed E-state index contributed by atoms with van der Waals surface area (Å²) in [6.07, 6.45) is -0.407. The Hall–Kier alpha value is -3.85. The van der Waals surface area contributed by atoms with Crippen LogP contribution >= 0.6 is 11.3 Å². The van der Waals surface area contributed by atoms with Crippen LogP contribution in [0.5, 0.6) is 0 Å². The number of benzene rings is 2. The van der Waals surface area contributed by atoms with E-state index < -0.39 is 11.7 Å². The number of aryl methyl sites for hydroxylation is 1. The second-order valence-electron chi connectivity index (χ2n) is 8.50. The molecule has 3 heterocycles. The molecule has 0 N–H and O–H groups in total. The SMILES string of the molecule is Cc1ccc(-c2cn3c(CCN(Cc4ccco4)C(=O)c4ccc(C(F)(F)F)cc4)csc3n2)cc1. The Morgan fingerprint density at radius 2 is 1.83 bits per heavy atom. The summed E-state index contributed by atoms with van der Waals surface area (Å²) < 4.78 is 46.3. The molecule has 0 saturated carbocycles. The summed E-state index contributed by atoms with van der Waals surface area (Å²) in [7, 11) is 0. The van der Waals surface area contributed by atoms with Crippen LogP contribution < -0.4 is 0 Å². The Morgan fingerprint density at radius 1 is 1.08 bits per heavy atom. The van der Waals surface area contributed by atoms with Crippen LogP contribution in [0.3, 0.4) is 0 Å². The van der Waals surface area contributed by atoms with Gasteiger partial charge in [0, 0.05) is 41.4 Å². The summed E-state index contributed by atoms with van der Waals surface area (Å²) in [4.78, 5) is 20.4. The summed E-state index contributed by atoms with van der Waals surface area (Å²) in [5, 5.41) is 2.01. The fourth-order valence-electron chi connectivity index (χ4n) is 3.95. The molecule has 5 nitrogen and oxygen atoms in total. The highest BCUT2D eigenvalue weighted by Crippen LogP contribution is 2.29. The Bertz CT molecular complexity index is 1470. The van der Waals surface area contributed by atoms with E-state index in [4.69, 9.17) is 9.40 Å².